The van der Waals surface area contributed by atoms with Crippen LogP contribution in [0.5, 0.6) is 5.75 Å². The van der Waals surface area contributed by atoms with Crippen molar-refractivity contribution in [1.82, 2.24) is 5.32 Å². The molecule has 1 aromatic heterocycles. The lowest BCUT2D eigenvalue weighted by Gasteiger charge is -2.27. The Balaban J connectivity index is 1.14. The Morgan fingerprint density at radius 2 is 2.00 bits per heavy atom. The zero-order valence-corrected chi connectivity index (χ0v) is 19.3. The van der Waals surface area contributed by atoms with Crippen LogP contribution < -0.4 is 20.3 Å². The lowest BCUT2D eigenvalue weighted by atomic mass is 10.0. The SMILES string of the molecule is O=C(CO)N1C(=O)CCc2ccc(OCCCCNCCNc3cccc4sccc34)cc21. The predicted octanol–water partition coefficient (Wildman–Crippen LogP) is 3.56. The highest BCUT2D eigenvalue weighted by Crippen LogP contribution is 2.32. The number of thiophene rings is 1. The standard InChI is InChI=1S/C25H29N3O4S/c29-17-25(31)28-22-16-19(8-6-18(22)7-9-24(28)30)32-14-2-1-11-26-12-13-27-21-4-3-5-23-20(21)10-15-33-23/h3-6,8,10,15-16,26-27,29H,1-2,7,9,11-14,17H2. The van der Waals surface area contributed by atoms with Gasteiger partial charge in [-0.1, -0.05) is 12.1 Å². The molecule has 0 aliphatic carbocycles. The van der Waals surface area contributed by atoms with E-state index in [0.29, 0.717) is 24.5 Å². The Labute approximate surface area is 197 Å². The molecule has 174 valence electrons. The molecule has 3 aromatic rings. The number of unbranched alkanes of at least 4 members (excludes halogenated alkanes) is 1. The minimum Gasteiger partial charge on any atom is -0.494 e. The molecule has 0 bridgehead atoms. The van der Waals surface area contributed by atoms with Gasteiger partial charge in [0, 0.05) is 41.4 Å². The van der Waals surface area contributed by atoms with Crippen molar-refractivity contribution in [3.63, 3.8) is 0 Å². The van der Waals surface area contributed by atoms with Crippen molar-refractivity contribution in [3.05, 3.63) is 53.4 Å². The fraction of sp³-hybridized carbons (Fsp3) is 0.360. The number of aliphatic hydroxyl groups is 1. The molecule has 3 N–H and O–H groups in total. The molecule has 0 saturated carbocycles. The van der Waals surface area contributed by atoms with E-state index < -0.39 is 12.5 Å². The molecule has 0 saturated heterocycles. The number of carbonyl (C=O) groups is 2. The summed E-state index contributed by atoms with van der Waals surface area (Å²) in [5, 5.41) is 19.5. The van der Waals surface area contributed by atoms with E-state index in [4.69, 9.17) is 4.74 Å². The summed E-state index contributed by atoms with van der Waals surface area (Å²) in [4.78, 5) is 25.2. The van der Waals surface area contributed by atoms with Crippen molar-refractivity contribution in [1.29, 1.82) is 0 Å². The monoisotopic (exact) mass is 467 g/mol. The van der Waals surface area contributed by atoms with Crippen LogP contribution in [0.4, 0.5) is 11.4 Å². The van der Waals surface area contributed by atoms with Gasteiger partial charge in [0.2, 0.25) is 5.91 Å². The number of nitrogens with zero attached hydrogens (tertiary/aromatic N) is 1. The summed E-state index contributed by atoms with van der Waals surface area (Å²) >= 11 is 1.75. The molecule has 0 fully saturated rings. The molecule has 0 unspecified atom stereocenters. The fourth-order valence-electron chi connectivity index (χ4n) is 3.99. The molecule has 2 aromatic carbocycles. The Morgan fingerprint density at radius 3 is 2.88 bits per heavy atom. The van der Waals surface area contributed by atoms with Crippen LogP contribution >= 0.6 is 11.3 Å². The minimum absolute atomic E-state index is 0.269. The molecular weight excluding hydrogens is 438 g/mol. The van der Waals surface area contributed by atoms with Gasteiger partial charge in [-0.05, 0) is 61.0 Å². The highest BCUT2D eigenvalue weighted by Gasteiger charge is 2.29. The zero-order valence-electron chi connectivity index (χ0n) is 18.5. The quantitative estimate of drug-likeness (QED) is 0.374. The number of aliphatic hydroxyl groups excluding tert-OH is 1. The van der Waals surface area contributed by atoms with E-state index in [1.54, 1.807) is 17.4 Å². The summed E-state index contributed by atoms with van der Waals surface area (Å²) in [7, 11) is 0. The van der Waals surface area contributed by atoms with E-state index in [2.05, 4.69) is 40.3 Å². The molecule has 8 heteroatoms. The van der Waals surface area contributed by atoms with Crippen molar-refractivity contribution in [3.8, 4) is 5.75 Å². The molecule has 4 rings (SSSR count). The highest BCUT2D eigenvalue weighted by atomic mass is 32.1. The second-order valence-electron chi connectivity index (χ2n) is 7.94. The topological polar surface area (TPSA) is 90.9 Å². The molecule has 1 aliphatic rings. The van der Waals surface area contributed by atoms with E-state index in [1.807, 2.05) is 12.1 Å². The molecule has 33 heavy (non-hydrogen) atoms. The van der Waals surface area contributed by atoms with Gasteiger partial charge in [0.05, 0.1) is 12.3 Å². The first-order chi connectivity index (χ1) is 16.2. The summed E-state index contributed by atoms with van der Waals surface area (Å²) in [5.41, 5.74) is 2.61. The smallest absolute Gasteiger partial charge is 0.259 e. The number of amides is 2. The van der Waals surface area contributed by atoms with Gasteiger partial charge in [-0.3, -0.25) is 9.59 Å². The van der Waals surface area contributed by atoms with Crippen molar-refractivity contribution in [2.75, 3.05) is 43.1 Å². The maximum absolute atomic E-state index is 12.1. The molecule has 7 nitrogen and oxygen atoms in total. The number of hydrogen-bond acceptors (Lipinski definition) is 7. The number of benzene rings is 2. The van der Waals surface area contributed by atoms with Crippen LogP contribution in [0.3, 0.4) is 0 Å². The number of fused-ring (bicyclic) bond motifs is 2. The van der Waals surface area contributed by atoms with E-state index in [9.17, 15) is 14.7 Å². The maximum atomic E-state index is 12.1. The number of rotatable bonds is 11. The third-order valence-electron chi connectivity index (χ3n) is 5.67. The first kappa shape index (κ1) is 23.2. The first-order valence-electron chi connectivity index (χ1n) is 11.3. The summed E-state index contributed by atoms with van der Waals surface area (Å²) in [5.74, 6) is -0.268. The molecule has 2 amide bonds. The maximum Gasteiger partial charge on any atom is 0.259 e. The normalized spacial score (nSPS) is 13.2. The number of nitrogens with one attached hydrogen (secondary N) is 2. The third kappa shape index (κ3) is 5.71. The fourth-order valence-corrected chi connectivity index (χ4v) is 4.80. The molecule has 0 radical (unpaired) electrons. The number of carbonyl (C=O) groups excluding carboxylic acids is 2. The number of imide groups is 1. The van der Waals surface area contributed by atoms with Gasteiger partial charge in [0.25, 0.3) is 5.91 Å². The second-order valence-corrected chi connectivity index (χ2v) is 8.89. The highest BCUT2D eigenvalue weighted by molar-refractivity contribution is 7.17. The van der Waals surface area contributed by atoms with Crippen LogP contribution in [0, 0.1) is 0 Å². The minimum atomic E-state index is -0.692. The Bertz CT molecular complexity index is 1110. The number of hydrogen-bond donors (Lipinski definition) is 3. The van der Waals surface area contributed by atoms with Gasteiger partial charge in [0.1, 0.15) is 12.4 Å². The Morgan fingerprint density at radius 1 is 1.09 bits per heavy atom. The average molecular weight is 468 g/mol. The van der Waals surface area contributed by atoms with Crippen LogP contribution in [0.25, 0.3) is 10.1 Å². The van der Waals surface area contributed by atoms with Crippen LogP contribution in [0.2, 0.25) is 0 Å². The van der Waals surface area contributed by atoms with Crippen molar-refractivity contribution >= 4 is 44.6 Å². The number of aryl methyl sites for hydroxylation is 1. The van der Waals surface area contributed by atoms with Crippen molar-refractivity contribution in [2.24, 2.45) is 0 Å². The Hall–Kier alpha value is -2.94. The zero-order chi connectivity index (χ0) is 23.0. The van der Waals surface area contributed by atoms with E-state index >= 15 is 0 Å². The molecule has 1 aliphatic heterocycles. The van der Waals surface area contributed by atoms with Crippen LogP contribution in [-0.4, -0.2) is 49.8 Å². The summed E-state index contributed by atoms with van der Waals surface area (Å²) in [6.45, 7) is 2.52. The molecular formula is C25H29N3O4S. The van der Waals surface area contributed by atoms with E-state index in [-0.39, 0.29) is 12.3 Å². The van der Waals surface area contributed by atoms with Crippen LogP contribution in [0.15, 0.2) is 47.8 Å². The molecule has 2 heterocycles. The van der Waals surface area contributed by atoms with Crippen molar-refractivity contribution in [2.45, 2.75) is 25.7 Å². The number of anilines is 2. The van der Waals surface area contributed by atoms with E-state index in [1.165, 1.54) is 15.8 Å². The summed E-state index contributed by atoms with van der Waals surface area (Å²) in [6.07, 6.45) is 2.74. The largest absolute Gasteiger partial charge is 0.494 e. The van der Waals surface area contributed by atoms with Gasteiger partial charge in [-0.2, -0.15) is 0 Å². The lowest BCUT2D eigenvalue weighted by Crippen LogP contribution is -2.41. The molecule has 0 atom stereocenters. The van der Waals surface area contributed by atoms with Crippen LogP contribution in [-0.2, 0) is 16.0 Å². The van der Waals surface area contributed by atoms with Gasteiger partial charge in [0.15, 0.2) is 0 Å². The summed E-state index contributed by atoms with van der Waals surface area (Å²) in [6, 6.07) is 14.0. The van der Waals surface area contributed by atoms with Gasteiger partial charge < -0.3 is 20.5 Å². The van der Waals surface area contributed by atoms with E-state index in [0.717, 1.165) is 42.9 Å². The second kappa shape index (κ2) is 11.3. The predicted molar refractivity (Wildman–Crippen MR) is 132 cm³/mol. The van der Waals surface area contributed by atoms with Gasteiger partial charge in [-0.25, -0.2) is 4.90 Å². The lowest BCUT2D eigenvalue weighted by molar-refractivity contribution is -0.128. The van der Waals surface area contributed by atoms with Crippen LogP contribution in [0.1, 0.15) is 24.8 Å². The number of ether oxygens (including phenoxy) is 1. The van der Waals surface area contributed by atoms with Crippen molar-refractivity contribution < 1.29 is 19.4 Å². The first-order valence-corrected chi connectivity index (χ1v) is 12.2. The van der Waals surface area contributed by atoms with Gasteiger partial charge >= 0.3 is 0 Å². The summed E-state index contributed by atoms with van der Waals surface area (Å²) < 4.78 is 7.13. The Kier molecular flexibility index (Phi) is 7.93. The third-order valence-corrected chi connectivity index (χ3v) is 6.55. The average Bonchev–Trinajstić information content (AvgIpc) is 3.32. The van der Waals surface area contributed by atoms with Gasteiger partial charge in [-0.15, -0.1) is 11.3 Å². The molecule has 0 spiro atoms.